The van der Waals surface area contributed by atoms with E-state index in [1.807, 2.05) is 18.5 Å². The number of aryl methyl sites for hydroxylation is 2. The topological polar surface area (TPSA) is 67.2 Å². The lowest BCUT2D eigenvalue weighted by atomic mass is 9.82. The summed E-state index contributed by atoms with van der Waals surface area (Å²) in [6.45, 7) is 6.00. The standard InChI is InChI=1S/C12H18BrN3O2/c1-3-16-9(10(13)8(2)15-16)6-12(11(17)18)4-5-14-7-12/h14H,3-7H2,1-2H3,(H,17,18). The van der Waals surface area contributed by atoms with Crippen LogP contribution in [0.5, 0.6) is 0 Å². The number of halogens is 1. The van der Waals surface area contributed by atoms with Gasteiger partial charge in [-0.05, 0) is 42.7 Å². The Morgan fingerprint density at radius 1 is 1.67 bits per heavy atom. The second-order valence-corrected chi connectivity index (χ2v) is 5.64. The molecule has 18 heavy (non-hydrogen) atoms. The molecule has 6 heteroatoms. The summed E-state index contributed by atoms with van der Waals surface area (Å²) in [5, 5.41) is 17.1. The van der Waals surface area contributed by atoms with Crippen LogP contribution in [-0.2, 0) is 17.8 Å². The highest BCUT2D eigenvalue weighted by molar-refractivity contribution is 9.10. The minimum absolute atomic E-state index is 0.518. The summed E-state index contributed by atoms with van der Waals surface area (Å²) >= 11 is 3.53. The average Bonchev–Trinajstić information content (AvgIpc) is 2.90. The highest BCUT2D eigenvalue weighted by Crippen LogP contribution is 2.34. The van der Waals surface area contributed by atoms with Crippen molar-refractivity contribution in [2.45, 2.75) is 33.2 Å². The van der Waals surface area contributed by atoms with Crippen LogP contribution >= 0.6 is 15.9 Å². The average molecular weight is 316 g/mol. The molecule has 2 rings (SSSR count). The lowest BCUT2D eigenvalue weighted by Crippen LogP contribution is -2.36. The lowest BCUT2D eigenvalue weighted by Gasteiger charge is -2.23. The monoisotopic (exact) mass is 315 g/mol. The smallest absolute Gasteiger partial charge is 0.311 e. The lowest BCUT2D eigenvalue weighted by molar-refractivity contribution is -0.147. The first-order valence-corrected chi connectivity index (χ1v) is 6.95. The number of hydrogen-bond donors (Lipinski definition) is 2. The second-order valence-electron chi connectivity index (χ2n) is 4.85. The van der Waals surface area contributed by atoms with Crippen molar-refractivity contribution in [2.24, 2.45) is 5.41 Å². The van der Waals surface area contributed by atoms with E-state index in [0.717, 1.165) is 29.0 Å². The molecule has 1 aliphatic rings. The molecule has 0 aromatic carbocycles. The SMILES string of the molecule is CCn1nc(C)c(Br)c1CC1(C(=O)O)CCNC1. The Kier molecular flexibility index (Phi) is 3.77. The van der Waals surface area contributed by atoms with E-state index in [0.29, 0.717) is 19.4 Å². The first kappa shape index (κ1) is 13.5. The van der Waals surface area contributed by atoms with Crippen LogP contribution in [0.25, 0.3) is 0 Å². The fourth-order valence-corrected chi connectivity index (χ4v) is 2.94. The molecule has 2 heterocycles. The van der Waals surface area contributed by atoms with E-state index in [1.165, 1.54) is 0 Å². The van der Waals surface area contributed by atoms with Gasteiger partial charge in [0, 0.05) is 19.5 Å². The molecular formula is C12H18BrN3O2. The van der Waals surface area contributed by atoms with Crippen molar-refractivity contribution in [3.05, 3.63) is 15.9 Å². The van der Waals surface area contributed by atoms with Gasteiger partial charge in [-0.2, -0.15) is 5.10 Å². The van der Waals surface area contributed by atoms with Gasteiger partial charge in [0.05, 0.1) is 21.3 Å². The first-order valence-electron chi connectivity index (χ1n) is 6.16. The summed E-state index contributed by atoms with van der Waals surface area (Å²) in [7, 11) is 0. The summed E-state index contributed by atoms with van der Waals surface area (Å²) in [6.07, 6.45) is 1.19. The van der Waals surface area contributed by atoms with Gasteiger partial charge >= 0.3 is 5.97 Å². The van der Waals surface area contributed by atoms with E-state index in [1.54, 1.807) is 0 Å². The number of carboxylic acids is 1. The number of aliphatic carboxylic acids is 1. The maximum absolute atomic E-state index is 11.6. The van der Waals surface area contributed by atoms with E-state index >= 15 is 0 Å². The molecule has 1 unspecified atom stereocenters. The zero-order chi connectivity index (χ0) is 13.3. The van der Waals surface area contributed by atoms with Gasteiger partial charge in [-0.1, -0.05) is 0 Å². The Morgan fingerprint density at radius 2 is 2.39 bits per heavy atom. The van der Waals surface area contributed by atoms with E-state index in [9.17, 15) is 9.90 Å². The van der Waals surface area contributed by atoms with Gasteiger partial charge in [0.15, 0.2) is 0 Å². The molecule has 0 aliphatic carbocycles. The molecule has 1 aromatic heterocycles. The Bertz CT molecular complexity index is 464. The quantitative estimate of drug-likeness (QED) is 0.885. The molecule has 0 spiro atoms. The Labute approximate surface area is 115 Å². The number of aromatic nitrogens is 2. The Morgan fingerprint density at radius 3 is 2.89 bits per heavy atom. The van der Waals surface area contributed by atoms with E-state index in [-0.39, 0.29) is 0 Å². The van der Waals surface area contributed by atoms with Crippen LogP contribution in [0.3, 0.4) is 0 Å². The van der Waals surface area contributed by atoms with Gasteiger partial charge in [0.1, 0.15) is 0 Å². The normalized spacial score (nSPS) is 23.5. The van der Waals surface area contributed by atoms with Gasteiger partial charge in [0.25, 0.3) is 0 Å². The molecule has 1 fully saturated rings. The molecule has 5 nitrogen and oxygen atoms in total. The van der Waals surface area contributed by atoms with Gasteiger partial charge in [-0.15, -0.1) is 0 Å². The fraction of sp³-hybridized carbons (Fsp3) is 0.667. The van der Waals surface area contributed by atoms with Gasteiger partial charge < -0.3 is 10.4 Å². The minimum atomic E-state index is -0.721. The predicted octanol–water partition coefficient (Wildman–Crippen LogP) is 1.58. The largest absolute Gasteiger partial charge is 0.481 e. The maximum atomic E-state index is 11.6. The maximum Gasteiger partial charge on any atom is 0.311 e. The molecule has 1 saturated heterocycles. The summed E-state index contributed by atoms with van der Waals surface area (Å²) in [6, 6.07) is 0. The van der Waals surface area contributed by atoms with Crippen LogP contribution in [-0.4, -0.2) is 33.9 Å². The summed E-state index contributed by atoms with van der Waals surface area (Å²) < 4.78 is 2.83. The third kappa shape index (κ3) is 2.19. The molecular weight excluding hydrogens is 298 g/mol. The summed E-state index contributed by atoms with van der Waals surface area (Å²) in [5.41, 5.74) is 1.21. The van der Waals surface area contributed by atoms with Crippen molar-refractivity contribution in [1.82, 2.24) is 15.1 Å². The highest BCUT2D eigenvalue weighted by atomic mass is 79.9. The predicted molar refractivity (Wildman–Crippen MR) is 71.6 cm³/mol. The van der Waals surface area contributed by atoms with Gasteiger partial charge in [0.2, 0.25) is 0 Å². The van der Waals surface area contributed by atoms with E-state index in [2.05, 4.69) is 26.3 Å². The first-order chi connectivity index (χ1) is 8.50. The summed E-state index contributed by atoms with van der Waals surface area (Å²) in [5.74, 6) is -0.721. The summed E-state index contributed by atoms with van der Waals surface area (Å²) in [4.78, 5) is 11.6. The zero-order valence-electron chi connectivity index (χ0n) is 10.7. The molecule has 0 amide bonds. The van der Waals surface area contributed by atoms with Crippen molar-refractivity contribution >= 4 is 21.9 Å². The third-order valence-electron chi connectivity index (χ3n) is 3.66. The molecule has 0 bridgehead atoms. The van der Waals surface area contributed by atoms with Crippen LogP contribution < -0.4 is 5.32 Å². The molecule has 0 saturated carbocycles. The number of hydrogen-bond acceptors (Lipinski definition) is 3. The third-order valence-corrected chi connectivity index (χ3v) is 4.69. The van der Waals surface area contributed by atoms with Crippen LogP contribution in [0, 0.1) is 12.3 Å². The van der Waals surface area contributed by atoms with Crippen molar-refractivity contribution in [3.8, 4) is 0 Å². The number of nitrogens with zero attached hydrogens (tertiary/aromatic N) is 2. The Hall–Kier alpha value is -0.880. The number of carboxylic acid groups (broad SMARTS) is 1. The van der Waals surface area contributed by atoms with Crippen molar-refractivity contribution in [2.75, 3.05) is 13.1 Å². The van der Waals surface area contributed by atoms with Crippen LogP contribution in [0.1, 0.15) is 24.7 Å². The molecule has 1 aliphatic heterocycles. The molecule has 0 radical (unpaired) electrons. The fourth-order valence-electron chi connectivity index (χ4n) is 2.51. The molecule has 2 N–H and O–H groups in total. The number of rotatable bonds is 4. The van der Waals surface area contributed by atoms with Crippen LogP contribution in [0.4, 0.5) is 0 Å². The van der Waals surface area contributed by atoms with Crippen molar-refractivity contribution < 1.29 is 9.90 Å². The molecule has 1 atom stereocenters. The van der Waals surface area contributed by atoms with Gasteiger partial charge in [-0.3, -0.25) is 9.48 Å². The highest BCUT2D eigenvalue weighted by Gasteiger charge is 2.42. The second kappa shape index (κ2) is 5.01. The van der Waals surface area contributed by atoms with Crippen LogP contribution in [0.2, 0.25) is 0 Å². The Balaban J connectivity index is 2.35. The zero-order valence-corrected chi connectivity index (χ0v) is 12.2. The van der Waals surface area contributed by atoms with E-state index in [4.69, 9.17) is 0 Å². The van der Waals surface area contributed by atoms with Gasteiger partial charge in [-0.25, -0.2) is 0 Å². The van der Waals surface area contributed by atoms with Crippen molar-refractivity contribution in [1.29, 1.82) is 0 Å². The minimum Gasteiger partial charge on any atom is -0.481 e. The van der Waals surface area contributed by atoms with E-state index < -0.39 is 11.4 Å². The number of carbonyl (C=O) groups is 1. The molecule has 100 valence electrons. The number of nitrogens with one attached hydrogen (secondary N) is 1. The van der Waals surface area contributed by atoms with Crippen molar-refractivity contribution in [3.63, 3.8) is 0 Å². The molecule has 1 aromatic rings. The van der Waals surface area contributed by atoms with Crippen LogP contribution in [0.15, 0.2) is 4.47 Å².